The zero-order chi connectivity index (χ0) is 15.4. The summed E-state index contributed by atoms with van der Waals surface area (Å²) in [5, 5.41) is 22.5. The van der Waals surface area contributed by atoms with Gasteiger partial charge in [0.1, 0.15) is 0 Å². The molecule has 2 rings (SSSR count). The largest absolute Gasteiger partial charge is 0.430 e. The maximum atomic E-state index is 11.0. The highest BCUT2D eigenvalue weighted by molar-refractivity contribution is 6.32. The van der Waals surface area contributed by atoms with E-state index in [-0.39, 0.29) is 28.2 Å². The first-order valence-electron chi connectivity index (χ1n) is 5.57. The lowest BCUT2D eigenvalue weighted by Crippen LogP contribution is -2.13. The van der Waals surface area contributed by atoms with Gasteiger partial charge in [0.15, 0.2) is 5.84 Å². The summed E-state index contributed by atoms with van der Waals surface area (Å²) in [7, 11) is 0. The number of halogens is 1. The van der Waals surface area contributed by atoms with Crippen LogP contribution in [0.2, 0.25) is 5.02 Å². The summed E-state index contributed by atoms with van der Waals surface area (Å²) in [4.78, 5) is 14.2. The molecule has 0 amide bonds. The lowest BCUT2D eigenvalue weighted by atomic mass is 10.2. The molecule has 108 valence electrons. The van der Waals surface area contributed by atoms with Crippen LogP contribution in [0.15, 0.2) is 41.7 Å². The monoisotopic (exact) mass is 308 g/mol. The smallest absolute Gasteiger partial charge is 0.313 e. The summed E-state index contributed by atoms with van der Waals surface area (Å²) in [6, 6.07) is 7.00. The number of nitro benzene ring substituents is 1. The third-order valence-electron chi connectivity index (χ3n) is 2.49. The summed E-state index contributed by atoms with van der Waals surface area (Å²) in [6.07, 6.45) is 1.35. The van der Waals surface area contributed by atoms with Crippen LogP contribution < -0.4 is 10.5 Å². The Balaban J connectivity index is 2.41. The van der Waals surface area contributed by atoms with Crippen LogP contribution in [0.4, 0.5) is 5.69 Å². The van der Waals surface area contributed by atoms with Gasteiger partial charge in [-0.1, -0.05) is 22.8 Å². The van der Waals surface area contributed by atoms with E-state index < -0.39 is 4.92 Å². The van der Waals surface area contributed by atoms with E-state index in [4.69, 9.17) is 27.3 Å². The SMILES string of the molecule is N/C(=N/O)c1ccnc(Oc2c(Cl)cccc2[N+](=O)[O-])c1. The van der Waals surface area contributed by atoms with Crippen LogP contribution in [-0.2, 0) is 0 Å². The highest BCUT2D eigenvalue weighted by atomic mass is 35.5. The number of nitrogens with zero attached hydrogens (tertiary/aromatic N) is 3. The fourth-order valence-electron chi connectivity index (χ4n) is 1.53. The summed E-state index contributed by atoms with van der Waals surface area (Å²) >= 11 is 5.91. The van der Waals surface area contributed by atoms with E-state index in [2.05, 4.69) is 10.1 Å². The van der Waals surface area contributed by atoms with Gasteiger partial charge in [-0.05, 0) is 12.1 Å². The molecule has 0 aliphatic rings. The van der Waals surface area contributed by atoms with Gasteiger partial charge in [-0.25, -0.2) is 4.98 Å². The highest BCUT2D eigenvalue weighted by Crippen LogP contribution is 2.37. The first-order valence-corrected chi connectivity index (χ1v) is 5.95. The van der Waals surface area contributed by atoms with Gasteiger partial charge >= 0.3 is 5.69 Å². The Kier molecular flexibility index (Phi) is 4.19. The minimum atomic E-state index is -0.616. The van der Waals surface area contributed by atoms with E-state index in [0.29, 0.717) is 5.56 Å². The lowest BCUT2D eigenvalue weighted by molar-refractivity contribution is -0.385. The number of pyridine rings is 1. The second kappa shape index (κ2) is 6.06. The molecule has 0 spiro atoms. The average molecular weight is 309 g/mol. The zero-order valence-corrected chi connectivity index (χ0v) is 11.2. The van der Waals surface area contributed by atoms with Crippen molar-refractivity contribution in [2.24, 2.45) is 10.9 Å². The fourth-order valence-corrected chi connectivity index (χ4v) is 1.74. The number of oxime groups is 1. The molecule has 21 heavy (non-hydrogen) atoms. The van der Waals surface area contributed by atoms with Gasteiger partial charge < -0.3 is 15.7 Å². The third-order valence-corrected chi connectivity index (χ3v) is 2.79. The van der Waals surface area contributed by atoms with E-state index in [1.165, 1.54) is 36.5 Å². The first kappa shape index (κ1) is 14.5. The number of nitro groups is 1. The Morgan fingerprint density at radius 3 is 2.90 bits per heavy atom. The molecule has 1 aromatic carbocycles. The molecule has 8 nitrogen and oxygen atoms in total. The second-order valence-corrected chi connectivity index (χ2v) is 4.22. The minimum absolute atomic E-state index is 0.0234. The minimum Gasteiger partial charge on any atom is -0.430 e. The molecule has 0 bridgehead atoms. The van der Waals surface area contributed by atoms with Gasteiger partial charge in [0.05, 0.1) is 9.95 Å². The molecule has 0 fully saturated rings. The lowest BCUT2D eigenvalue weighted by Gasteiger charge is -2.08. The van der Waals surface area contributed by atoms with Crippen molar-refractivity contribution in [2.75, 3.05) is 0 Å². The molecule has 0 aliphatic heterocycles. The Morgan fingerprint density at radius 1 is 1.48 bits per heavy atom. The predicted octanol–water partition coefficient (Wildman–Crippen LogP) is 2.53. The molecule has 1 heterocycles. The van der Waals surface area contributed by atoms with Gasteiger partial charge in [0.2, 0.25) is 11.6 Å². The Bertz CT molecular complexity index is 720. The highest BCUT2D eigenvalue weighted by Gasteiger charge is 2.19. The third kappa shape index (κ3) is 3.18. The summed E-state index contributed by atoms with van der Waals surface area (Å²) in [5.41, 5.74) is 5.50. The molecule has 0 radical (unpaired) electrons. The number of aromatic nitrogens is 1. The molecule has 0 aliphatic carbocycles. The van der Waals surface area contributed by atoms with Crippen molar-refractivity contribution in [1.82, 2.24) is 4.98 Å². The zero-order valence-electron chi connectivity index (χ0n) is 10.4. The van der Waals surface area contributed by atoms with Gasteiger partial charge in [-0.15, -0.1) is 0 Å². The summed E-state index contributed by atoms with van der Waals surface area (Å²) < 4.78 is 5.36. The number of amidine groups is 1. The topological polar surface area (TPSA) is 124 Å². The predicted molar refractivity (Wildman–Crippen MR) is 74.9 cm³/mol. The average Bonchev–Trinajstić information content (AvgIpc) is 2.48. The van der Waals surface area contributed by atoms with Crippen LogP contribution in [0, 0.1) is 10.1 Å². The van der Waals surface area contributed by atoms with E-state index in [1.807, 2.05) is 0 Å². The van der Waals surface area contributed by atoms with E-state index in [9.17, 15) is 10.1 Å². The van der Waals surface area contributed by atoms with Crippen LogP contribution in [0.3, 0.4) is 0 Å². The fraction of sp³-hybridized carbons (Fsp3) is 0. The first-order chi connectivity index (χ1) is 10.0. The van der Waals surface area contributed by atoms with Crippen LogP contribution in [0.25, 0.3) is 0 Å². The quantitative estimate of drug-likeness (QED) is 0.294. The van der Waals surface area contributed by atoms with Crippen LogP contribution in [0.1, 0.15) is 5.56 Å². The van der Waals surface area contributed by atoms with Gasteiger partial charge in [0.25, 0.3) is 0 Å². The molecule has 0 saturated carbocycles. The van der Waals surface area contributed by atoms with Crippen molar-refractivity contribution >= 4 is 23.1 Å². The number of para-hydroxylation sites is 1. The molecular weight excluding hydrogens is 300 g/mol. The van der Waals surface area contributed by atoms with Gasteiger partial charge in [-0.2, -0.15) is 0 Å². The summed E-state index contributed by atoms with van der Waals surface area (Å²) in [6.45, 7) is 0. The maximum Gasteiger partial charge on any atom is 0.313 e. The van der Waals surface area contributed by atoms with E-state index in [0.717, 1.165) is 0 Å². The molecule has 0 saturated heterocycles. The molecule has 0 unspecified atom stereocenters. The van der Waals surface area contributed by atoms with Crippen LogP contribution >= 0.6 is 11.6 Å². The maximum absolute atomic E-state index is 11.0. The van der Waals surface area contributed by atoms with Crippen LogP contribution in [0.5, 0.6) is 11.6 Å². The number of nitrogens with two attached hydrogens (primary N) is 1. The van der Waals surface area contributed by atoms with Crippen molar-refractivity contribution in [2.45, 2.75) is 0 Å². The number of ether oxygens (including phenoxy) is 1. The number of hydrogen-bond acceptors (Lipinski definition) is 6. The summed E-state index contributed by atoms with van der Waals surface area (Å²) in [5.74, 6) is -0.250. The van der Waals surface area contributed by atoms with Crippen molar-refractivity contribution < 1.29 is 14.9 Å². The molecule has 0 atom stereocenters. The second-order valence-electron chi connectivity index (χ2n) is 3.82. The van der Waals surface area contributed by atoms with Crippen molar-refractivity contribution in [1.29, 1.82) is 0 Å². The molecular formula is C12H9ClN4O4. The molecule has 2 aromatic rings. The number of benzene rings is 1. The van der Waals surface area contributed by atoms with Crippen molar-refractivity contribution in [3.63, 3.8) is 0 Å². The van der Waals surface area contributed by atoms with Gasteiger partial charge in [-0.3, -0.25) is 10.1 Å². The molecule has 1 aromatic heterocycles. The molecule has 3 N–H and O–H groups in total. The normalized spacial score (nSPS) is 11.2. The number of rotatable bonds is 4. The standard InChI is InChI=1S/C12H9ClN4O4/c13-8-2-1-3-9(17(19)20)11(8)21-10-6-7(4-5-15-10)12(14)16-18/h1-6,18H,(H2,14,16). The number of hydrogen-bond donors (Lipinski definition) is 2. The van der Waals surface area contributed by atoms with Crippen molar-refractivity contribution in [3.05, 3.63) is 57.2 Å². The Morgan fingerprint density at radius 2 is 2.24 bits per heavy atom. The van der Waals surface area contributed by atoms with E-state index in [1.54, 1.807) is 0 Å². The van der Waals surface area contributed by atoms with Crippen molar-refractivity contribution in [3.8, 4) is 11.6 Å². The Hall–Kier alpha value is -2.87. The molecule has 9 heteroatoms. The van der Waals surface area contributed by atoms with E-state index >= 15 is 0 Å². The Labute approximate surface area is 123 Å². The van der Waals surface area contributed by atoms with Crippen LogP contribution in [-0.4, -0.2) is 21.0 Å². The van der Waals surface area contributed by atoms with Gasteiger partial charge in [0, 0.05) is 23.9 Å².